The molecule has 1 aliphatic heterocycles. The van der Waals surface area contributed by atoms with Crippen LogP contribution in [0.15, 0.2) is 18.2 Å². The van der Waals surface area contributed by atoms with Gasteiger partial charge >= 0.3 is 5.97 Å². The fourth-order valence-corrected chi connectivity index (χ4v) is 2.99. The maximum absolute atomic E-state index is 13.6. The second kappa shape index (κ2) is 5.05. The van der Waals surface area contributed by atoms with E-state index < -0.39 is 11.8 Å². The van der Waals surface area contributed by atoms with Gasteiger partial charge in [0.15, 0.2) is 0 Å². The standard InChI is InChI=1S/C15H17FO4/c16-11-3-1-4-12(13(11)14(17)18)20-10-5-8-19-15(9-10)6-2-7-15/h1,3-4,10H,2,5-9H2,(H,17,18). The van der Waals surface area contributed by atoms with Crippen LogP contribution in [0.2, 0.25) is 0 Å². The van der Waals surface area contributed by atoms with Gasteiger partial charge in [-0.2, -0.15) is 0 Å². The molecule has 1 aromatic carbocycles. The predicted octanol–water partition coefficient (Wildman–Crippen LogP) is 3.00. The lowest BCUT2D eigenvalue weighted by atomic mass is 9.74. The Morgan fingerprint density at radius 1 is 1.45 bits per heavy atom. The summed E-state index contributed by atoms with van der Waals surface area (Å²) < 4.78 is 25.2. The van der Waals surface area contributed by atoms with Crippen LogP contribution in [0, 0.1) is 5.82 Å². The molecule has 1 spiro atoms. The van der Waals surface area contributed by atoms with E-state index in [-0.39, 0.29) is 23.0 Å². The summed E-state index contributed by atoms with van der Waals surface area (Å²) in [6, 6.07) is 4.11. The number of ether oxygens (including phenoxy) is 2. The molecular formula is C15H17FO4. The van der Waals surface area contributed by atoms with Crippen molar-refractivity contribution < 1.29 is 23.8 Å². The number of carbonyl (C=O) groups is 1. The summed E-state index contributed by atoms with van der Waals surface area (Å²) in [6.45, 7) is 0.613. The topological polar surface area (TPSA) is 55.8 Å². The van der Waals surface area contributed by atoms with Gasteiger partial charge in [0.2, 0.25) is 0 Å². The van der Waals surface area contributed by atoms with Gasteiger partial charge in [-0.3, -0.25) is 0 Å². The van der Waals surface area contributed by atoms with Crippen molar-refractivity contribution in [2.75, 3.05) is 6.61 Å². The monoisotopic (exact) mass is 280 g/mol. The molecule has 0 radical (unpaired) electrons. The smallest absolute Gasteiger partial charge is 0.342 e. The molecule has 2 aliphatic rings. The molecule has 3 rings (SSSR count). The molecule has 1 unspecified atom stereocenters. The number of aromatic carboxylic acids is 1. The Kier molecular flexibility index (Phi) is 3.38. The summed E-state index contributed by atoms with van der Waals surface area (Å²) in [5.41, 5.74) is -0.471. The number of benzene rings is 1. The van der Waals surface area contributed by atoms with E-state index in [1.807, 2.05) is 0 Å². The zero-order chi connectivity index (χ0) is 14.2. The first-order valence-electron chi connectivity index (χ1n) is 6.92. The van der Waals surface area contributed by atoms with Crippen molar-refractivity contribution in [2.45, 2.75) is 43.8 Å². The van der Waals surface area contributed by atoms with Crippen molar-refractivity contribution in [3.63, 3.8) is 0 Å². The lowest BCUT2D eigenvalue weighted by Gasteiger charge is -2.46. The maximum Gasteiger partial charge on any atom is 0.342 e. The van der Waals surface area contributed by atoms with Gasteiger partial charge in [0, 0.05) is 12.8 Å². The molecular weight excluding hydrogens is 263 g/mol. The van der Waals surface area contributed by atoms with Gasteiger partial charge < -0.3 is 14.6 Å². The van der Waals surface area contributed by atoms with Crippen molar-refractivity contribution >= 4 is 5.97 Å². The third kappa shape index (κ3) is 2.38. The molecule has 1 aromatic rings. The zero-order valence-corrected chi connectivity index (χ0v) is 11.1. The molecule has 0 bridgehead atoms. The number of carboxylic acids is 1. The van der Waals surface area contributed by atoms with Crippen molar-refractivity contribution in [3.05, 3.63) is 29.6 Å². The highest BCUT2D eigenvalue weighted by molar-refractivity contribution is 5.91. The quantitative estimate of drug-likeness (QED) is 0.924. The minimum Gasteiger partial charge on any atom is -0.489 e. The average Bonchev–Trinajstić information content (AvgIpc) is 2.37. The highest BCUT2D eigenvalue weighted by atomic mass is 19.1. The molecule has 5 heteroatoms. The predicted molar refractivity (Wildman–Crippen MR) is 69.5 cm³/mol. The van der Waals surface area contributed by atoms with Crippen LogP contribution in [0.1, 0.15) is 42.5 Å². The molecule has 4 nitrogen and oxygen atoms in total. The van der Waals surface area contributed by atoms with E-state index in [1.165, 1.54) is 12.1 Å². The van der Waals surface area contributed by atoms with E-state index in [2.05, 4.69) is 0 Å². The van der Waals surface area contributed by atoms with Crippen LogP contribution in [0.25, 0.3) is 0 Å². The maximum atomic E-state index is 13.6. The Hall–Kier alpha value is -1.62. The normalized spacial score (nSPS) is 24.1. The fourth-order valence-electron chi connectivity index (χ4n) is 2.99. The van der Waals surface area contributed by atoms with Crippen molar-refractivity contribution in [2.24, 2.45) is 0 Å². The van der Waals surface area contributed by atoms with Gasteiger partial charge in [-0.25, -0.2) is 9.18 Å². The molecule has 1 atom stereocenters. The van der Waals surface area contributed by atoms with Crippen LogP contribution in [0.3, 0.4) is 0 Å². The number of rotatable bonds is 3. The summed E-state index contributed by atoms with van der Waals surface area (Å²) in [5, 5.41) is 9.09. The summed E-state index contributed by atoms with van der Waals surface area (Å²) >= 11 is 0. The van der Waals surface area contributed by atoms with Crippen LogP contribution in [-0.2, 0) is 4.74 Å². The molecule has 2 fully saturated rings. The number of hydrogen-bond donors (Lipinski definition) is 1. The largest absolute Gasteiger partial charge is 0.489 e. The molecule has 1 aliphatic carbocycles. The van der Waals surface area contributed by atoms with Crippen LogP contribution in [-0.4, -0.2) is 29.4 Å². The van der Waals surface area contributed by atoms with Crippen molar-refractivity contribution in [1.82, 2.24) is 0 Å². The molecule has 1 saturated heterocycles. The third-order valence-corrected chi connectivity index (χ3v) is 4.20. The summed E-state index contributed by atoms with van der Waals surface area (Å²) in [4.78, 5) is 11.1. The van der Waals surface area contributed by atoms with Crippen LogP contribution < -0.4 is 4.74 Å². The lowest BCUT2D eigenvalue weighted by molar-refractivity contribution is -0.153. The van der Waals surface area contributed by atoms with Crippen molar-refractivity contribution in [1.29, 1.82) is 0 Å². The average molecular weight is 280 g/mol. The number of carboxylic acid groups (broad SMARTS) is 1. The Balaban J connectivity index is 1.77. The van der Waals surface area contributed by atoms with Gasteiger partial charge in [0.05, 0.1) is 12.2 Å². The Bertz CT molecular complexity index is 525. The lowest BCUT2D eigenvalue weighted by Crippen LogP contribution is -2.48. The van der Waals surface area contributed by atoms with E-state index >= 15 is 0 Å². The Morgan fingerprint density at radius 3 is 2.90 bits per heavy atom. The molecule has 108 valence electrons. The van der Waals surface area contributed by atoms with Gasteiger partial charge in [-0.05, 0) is 31.4 Å². The van der Waals surface area contributed by atoms with E-state index in [0.29, 0.717) is 13.0 Å². The summed E-state index contributed by atoms with van der Waals surface area (Å²) in [5.74, 6) is -1.96. The molecule has 20 heavy (non-hydrogen) atoms. The summed E-state index contributed by atoms with van der Waals surface area (Å²) in [6.07, 6.45) is 4.57. The van der Waals surface area contributed by atoms with E-state index in [0.717, 1.165) is 31.7 Å². The molecule has 1 N–H and O–H groups in total. The Labute approximate surface area is 116 Å². The molecule has 1 saturated carbocycles. The van der Waals surface area contributed by atoms with E-state index in [4.69, 9.17) is 14.6 Å². The highest BCUT2D eigenvalue weighted by Crippen LogP contribution is 2.43. The van der Waals surface area contributed by atoms with E-state index in [1.54, 1.807) is 0 Å². The van der Waals surface area contributed by atoms with Gasteiger partial charge in [-0.1, -0.05) is 6.07 Å². The van der Waals surface area contributed by atoms with Gasteiger partial charge in [-0.15, -0.1) is 0 Å². The minimum absolute atomic E-state index is 0.0837. The van der Waals surface area contributed by atoms with Crippen LogP contribution >= 0.6 is 0 Å². The first-order chi connectivity index (χ1) is 9.60. The number of hydrogen-bond acceptors (Lipinski definition) is 3. The SMILES string of the molecule is O=C(O)c1c(F)cccc1OC1CCOC2(CCC2)C1. The van der Waals surface area contributed by atoms with Gasteiger partial charge in [0.1, 0.15) is 23.2 Å². The third-order valence-electron chi connectivity index (χ3n) is 4.20. The number of halogens is 1. The fraction of sp³-hybridized carbons (Fsp3) is 0.533. The van der Waals surface area contributed by atoms with Crippen molar-refractivity contribution in [3.8, 4) is 5.75 Å². The summed E-state index contributed by atoms with van der Waals surface area (Å²) in [7, 11) is 0. The van der Waals surface area contributed by atoms with Crippen LogP contribution in [0.5, 0.6) is 5.75 Å². The van der Waals surface area contributed by atoms with Gasteiger partial charge in [0.25, 0.3) is 0 Å². The first-order valence-corrected chi connectivity index (χ1v) is 6.92. The first kappa shape index (κ1) is 13.4. The van der Waals surface area contributed by atoms with Crippen LogP contribution in [0.4, 0.5) is 4.39 Å². The molecule has 0 amide bonds. The molecule has 0 aromatic heterocycles. The second-order valence-electron chi connectivity index (χ2n) is 5.54. The minimum atomic E-state index is -1.30. The van der Waals surface area contributed by atoms with E-state index in [9.17, 15) is 9.18 Å². The highest BCUT2D eigenvalue weighted by Gasteiger charge is 2.43. The zero-order valence-electron chi connectivity index (χ0n) is 11.1. The molecule has 1 heterocycles. The second-order valence-corrected chi connectivity index (χ2v) is 5.54. The Morgan fingerprint density at radius 2 is 2.25 bits per heavy atom.